The smallest absolute Gasteiger partial charge is 0.226 e. The normalized spacial score (nSPS) is 16.7. The fourth-order valence-corrected chi connectivity index (χ4v) is 3.51. The van der Waals surface area contributed by atoms with Crippen molar-refractivity contribution in [3.8, 4) is 11.5 Å². The summed E-state index contributed by atoms with van der Waals surface area (Å²) in [5.74, 6) is 2.05. The number of hydrogen-bond acceptors (Lipinski definition) is 4. The second-order valence-electron chi connectivity index (χ2n) is 7.55. The zero-order valence-electron chi connectivity index (χ0n) is 17.2. The fraction of sp³-hybridized carbons (Fsp3) is 0.545. The molecule has 0 radical (unpaired) electrons. The molecule has 1 fully saturated rings. The number of aliphatic imine (C=N–C) groups is 1. The molecule has 0 saturated carbocycles. The molecule has 0 spiro atoms. The molecule has 0 amide bonds. The van der Waals surface area contributed by atoms with Crippen LogP contribution < -0.4 is 10.6 Å². The van der Waals surface area contributed by atoms with Crippen molar-refractivity contribution in [2.45, 2.75) is 39.7 Å². The highest BCUT2D eigenvalue weighted by atomic mass is 16.3. The van der Waals surface area contributed by atoms with Crippen LogP contribution in [0.3, 0.4) is 0 Å². The van der Waals surface area contributed by atoms with Gasteiger partial charge in [-0.15, -0.1) is 0 Å². The summed E-state index contributed by atoms with van der Waals surface area (Å²) in [4.78, 5) is 11.8. The Hall–Kier alpha value is -2.34. The van der Waals surface area contributed by atoms with Crippen molar-refractivity contribution < 1.29 is 4.42 Å². The second kappa shape index (κ2) is 10.9. The number of oxazole rings is 1. The van der Waals surface area contributed by atoms with E-state index in [1.807, 2.05) is 30.3 Å². The van der Waals surface area contributed by atoms with E-state index in [-0.39, 0.29) is 0 Å². The SMILES string of the molecule is CCNC(=NCc1coc(-c2ccccc2)n1)NCC(C)CN1CCCCC1. The summed E-state index contributed by atoms with van der Waals surface area (Å²) >= 11 is 0. The van der Waals surface area contributed by atoms with Crippen molar-refractivity contribution in [2.75, 3.05) is 32.7 Å². The lowest BCUT2D eigenvalue weighted by atomic mass is 10.1. The number of hydrogen-bond donors (Lipinski definition) is 2. The number of nitrogens with one attached hydrogen (secondary N) is 2. The minimum atomic E-state index is 0.492. The molecule has 6 nitrogen and oxygen atoms in total. The van der Waals surface area contributed by atoms with Crippen molar-refractivity contribution in [1.29, 1.82) is 0 Å². The van der Waals surface area contributed by atoms with Gasteiger partial charge in [-0.1, -0.05) is 31.5 Å². The first kappa shape index (κ1) is 20.4. The Bertz CT molecular complexity index is 722. The summed E-state index contributed by atoms with van der Waals surface area (Å²) in [6.45, 7) is 10.3. The molecule has 2 heterocycles. The quantitative estimate of drug-likeness (QED) is 0.539. The molecule has 1 atom stereocenters. The summed E-state index contributed by atoms with van der Waals surface area (Å²) in [6.07, 6.45) is 5.75. The number of likely N-dealkylation sites (tertiary alicyclic amines) is 1. The van der Waals surface area contributed by atoms with Crippen LogP contribution in [0.5, 0.6) is 0 Å². The summed E-state index contributed by atoms with van der Waals surface area (Å²) in [5.41, 5.74) is 1.81. The third-order valence-electron chi connectivity index (χ3n) is 4.95. The molecule has 1 aromatic heterocycles. The summed E-state index contributed by atoms with van der Waals surface area (Å²) in [5, 5.41) is 6.79. The fourth-order valence-electron chi connectivity index (χ4n) is 3.51. The van der Waals surface area contributed by atoms with Gasteiger partial charge in [-0.3, -0.25) is 0 Å². The lowest BCUT2D eigenvalue weighted by molar-refractivity contribution is 0.201. The zero-order valence-corrected chi connectivity index (χ0v) is 17.2. The third-order valence-corrected chi connectivity index (χ3v) is 4.95. The molecule has 0 aliphatic carbocycles. The van der Waals surface area contributed by atoms with Gasteiger partial charge in [0.2, 0.25) is 5.89 Å². The van der Waals surface area contributed by atoms with E-state index in [1.165, 1.54) is 32.4 Å². The topological polar surface area (TPSA) is 65.7 Å². The van der Waals surface area contributed by atoms with Crippen molar-refractivity contribution in [1.82, 2.24) is 20.5 Å². The maximum absolute atomic E-state index is 5.60. The van der Waals surface area contributed by atoms with E-state index < -0.39 is 0 Å². The van der Waals surface area contributed by atoms with E-state index in [4.69, 9.17) is 4.42 Å². The van der Waals surface area contributed by atoms with Gasteiger partial charge in [-0.25, -0.2) is 9.98 Å². The number of benzene rings is 1. The van der Waals surface area contributed by atoms with E-state index in [1.54, 1.807) is 6.26 Å². The van der Waals surface area contributed by atoms with Crippen LogP contribution in [0, 0.1) is 5.92 Å². The van der Waals surface area contributed by atoms with E-state index in [0.29, 0.717) is 18.4 Å². The minimum absolute atomic E-state index is 0.492. The Labute approximate surface area is 168 Å². The highest BCUT2D eigenvalue weighted by molar-refractivity contribution is 5.79. The van der Waals surface area contributed by atoms with Gasteiger partial charge < -0.3 is 20.0 Å². The average Bonchev–Trinajstić information content (AvgIpc) is 3.20. The molecule has 3 rings (SSSR count). The number of piperidine rings is 1. The van der Waals surface area contributed by atoms with Gasteiger partial charge in [0, 0.05) is 25.2 Å². The van der Waals surface area contributed by atoms with Crippen LogP contribution in [0.2, 0.25) is 0 Å². The summed E-state index contributed by atoms with van der Waals surface area (Å²) in [6, 6.07) is 9.94. The van der Waals surface area contributed by atoms with Crippen LogP contribution in [0.25, 0.3) is 11.5 Å². The van der Waals surface area contributed by atoms with Crippen LogP contribution in [-0.2, 0) is 6.54 Å². The predicted octanol–water partition coefficient (Wildman–Crippen LogP) is 3.52. The largest absolute Gasteiger partial charge is 0.444 e. The minimum Gasteiger partial charge on any atom is -0.444 e. The van der Waals surface area contributed by atoms with Gasteiger partial charge in [0.05, 0.1) is 6.54 Å². The number of aromatic nitrogens is 1. The van der Waals surface area contributed by atoms with Crippen LogP contribution in [0.1, 0.15) is 38.8 Å². The molecule has 152 valence electrons. The van der Waals surface area contributed by atoms with Crippen molar-refractivity contribution >= 4 is 5.96 Å². The molecule has 28 heavy (non-hydrogen) atoms. The highest BCUT2D eigenvalue weighted by Crippen LogP contribution is 2.18. The first-order chi connectivity index (χ1) is 13.7. The van der Waals surface area contributed by atoms with E-state index >= 15 is 0 Å². The number of nitrogens with zero attached hydrogens (tertiary/aromatic N) is 3. The highest BCUT2D eigenvalue weighted by Gasteiger charge is 2.14. The molecule has 1 unspecified atom stereocenters. The Balaban J connectivity index is 1.50. The molecule has 2 N–H and O–H groups in total. The van der Waals surface area contributed by atoms with Crippen molar-refractivity contribution in [2.24, 2.45) is 10.9 Å². The van der Waals surface area contributed by atoms with Crippen LogP contribution in [-0.4, -0.2) is 48.6 Å². The summed E-state index contributed by atoms with van der Waals surface area (Å²) < 4.78 is 5.60. The predicted molar refractivity (Wildman–Crippen MR) is 114 cm³/mol. The van der Waals surface area contributed by atoms with Gasteiger partial charge in [-0.2, -0.15) is 0 Å². The Morgan fingerprint density at radius 2 is 1.96 bits per heavy atom. The number of rotatable bonds is 8. The van der Waals surface area contributed by atoms with E-state index in [0.717, 1.165) is 36.9 Å². The van der Waals surface area contributed by atoms with Gasteiger partial charge in [0.25, 0.3) is 0 Å². The molecular weight excluding hydrogens is 350 g/mol. The Kier molecular flexibility index (Phi) is 7.91. The van der Waals surface area contributed by atoms with Crippen LogP contribution >= 0.6 is 0 Å². The molecule has 2 aromatic rings. The maximum Gasteiger partial charge on any atom is 0.226 e. The van der Waals surface area contributed by atoms with Gasteiger partial charge in [0.15, 0.2) is 5.96 Å². The lowest BCUT2D eigenvalue weighted by Gasteiger charge is -2.29. The first-order valence-corrected chi connectivity index (χ1v) is 10.5. The molecule has 1 aromatic carbocycles. The molecule has 6 heteroatoms. The molecule has 1 saturated heterocycles. The standard InChI is InChI=1S/C22H33N5O/c1-3-23-22(24-14-18(2)16-27-12-8-5-9-13-27)25-15-20-17-28-21(26-20)19-10-6-4-7-11-19/h4,6-7,10-11,17-18H,3,5,8-9,12-16H2,1-2H3,(H2,23,24,25). The van der Waals surface area contributed by atoms with Crippen molar-refractivity contribution in [3.05, 3.63) is 42.3 Å². The van der Waals surface area contributed by atoms with E-state index in [2.05, 4.69) is 39.4 Å². The van der Waals surface area contributed by atoms with Crippen LogP contribution in [0.15, 0.2) is 46.0 Å². The average molecular weight is 384 g/mol. The van der Waals surface area contributed by atoms with Gasteiger partial charge >= 0.3 is 0 Å². The van der Waals surface area contributed by atoms with Gasteiger partial charge in [-0.05, 0) is 50.9 Å². The lowest BCUT2D eigenvalue weighted by Crippen LogP contribution is -2.42. The summed E-state index contributed by atoms with van der Waals surface area (Å²) in [7, 11) is 0. The zero-order chi connectivity index (χ0) is 19.6. The molecule has 1 aliphatic rings. The number of guanidine groups is 1. The third kappa shape index (κ3) is 6.37. The molecule has 0 bridgehead atoms. The second-order valence-corrected chi connectivity index (χ2v) is 7.55. The molecule has 1 aliphatic heterocycles. The monoisotopic (exact) mass is 383 g/mol. The maximum atomic E-state index is 5.60. The van der Waals surface area contributed by atoms with Gasteiger partial charge in [0.1, 0.15) is 12.0 Å². The van der Waals surface area contributed by atoms with Crippen molar-refractivity contribution in [3.63, 3.8) is 0 Å². The first-order valence-electron chi connectivity index (χ1n) is 10.5. The molecular formula is C22H33N5O. The van der Waals surface area contributed by atoms with Crippen LogP contribution in [0.4, 0.5) is 0 Å². The Morgan fingerprint density at radius 1 is 1.18 bits per heavy atom. The van der Waals surface area contributed by atoms with E-state index in [9.17, 15) is 0 Å². The Morgan fingerprint density at radius 3 is 2.71 bits per heavy atom.